The first kappa shape index (κ1) is 15.4. The molecule has 116 valence electrons. The molecular weight excluding hydrogens is 270 g/mol. The molecule has 0 spiro atoms. The van der Waals surface area contributed by atoms with Crippen molar-refractivity contribution in [3.8, 4) is 0 Å². The Kier molecular flexibility index (Phi) is 5.20. The molecule has 1 atom stereocenters. The predicted octanol–water partition coefficient (Wildman–Crippen LogP) is 2.94. The number of carbonyl (C=O) groups is 2. The van der Waals surface area contributed by atoms with Crippen LogP contribution in [0.4, 0.5) is 4.79 Å². The summed E-state index contributed by atoms with van der Waals surface area (Å²) < 4.78 is 12.6. The molecule has 1 N–H and O–H groups in total. The van der Waals surface area contributed by atoms with Gasteiger partial charge in [0.1, 0.15) is 11.6 Å². The number of carbonyl (C=O) groups excluding carboxylic acids is 1. The Morgan fingerprint density at radius 2 is 1.95 bits per heavy atom. The van der Waals surface area contributed by atoms with Crippen LogP contribution in [0.2, 0.25) is 0 Å². The van der Waals surface area contributed by atoms with E-state index in [4.69, 9.17) is 6.11 Å². The van der Waals surface area contributed by atoms with E-state index >= 15 is 0 Å². The van der Waals surface area contributed by atoms with Crippen LogP contribution in [0.1, 0.15) is 34.6 Å². The molecular formula is C16H23NO4. The molecule has 1 aromatic carbocycles. The zero-order valence-corrected chi connectivity index (χ0v) is 12.7. The average molecular weight is 294 g/mol. The number of benzene rings is 1. The number of aliphatic carboxylic acids is 1. The standard InChI is InChI=1S/C16H23NO4/c1-5-17(15(20)21-16(2,3)4)13(14(18)19)11-12-9-7-6-8-10-12/h6-10,13H,5,11H2,1-4H3,(H,18,19)/t13-/m0/s1/i1D. The fraction of sp³-hybridized carbons (Fsp3) is 0.500. The normalized spacial score (nSPS) is 13.2. The summed E-state index contributed by atoms with van der Waals surface area (Å²) in [5.41, 5.74) is 0.0983. The van der Waals surface area contributed by atoms with Gasteiger partial charge in [-0.25, -0.2) is 9.59 Å². The van der Waals surface area contributed by atoms with Gasteiger partial charge in [0, 0.05) is 14.3 Å². The van der Waals surface area contributed by atoms with Gasteiger partial charge in [0.25, 0.3) is 0 Å². The summed E-state index contributed by atoms with van der Waals surface area (Å²) >= 11 is 0. The van der Waals surface area contributed by atoms with Gasteiger partial charge in [0.2, 0.25) is 0 Å². The van der Waals surface area contributed by atoms with Crippen LogP contribution in [-0.4, -0.2) is 40.3 Å². The Morgan fingerprint density at radius 3 is 2.43 bits per heavy atom. The minimum Gasteiger partial charge on any atom is -0.480 e. The third kappa shape index (κ3) is 5.45. The second-order valence-electron chi connectivity index (χ2n) is 5.72. The van der Waals surface area contributed by atoms with E-state index in [2.05, 4.69) is 0 Å². The molecule has 0 aliphatic rings. The molecule has 0 saturated heterocycles. The van der Waals surface area contributed by atoms with Gasteiger partial charge >= 0.3 is 12.1 Å². The fourth-order valence-corrected chi connectivity index (χ4v) is 1.86. The maximum Gasteiger partial charge on any atom is 0.411 e. The molecule has 1 amide bonds. The summed E-state index contributed by atoms with van der Waals surface area (Å²) in [4.78, 5) is 24.9. The van der Waals surface area contributed by atoms with Gasteiger partial charge in [-0.15, -0.1) is 0 Å². The van der Waals surface area contributed by atoms with Crippen molar-refractivity contribution in [3.63, 3.8) is 0 Å². The zero-order valence-electron chi connectivity index (χ0n) is 13.7. The number of carboxylic acid groups (broad SMARTS) is 1. The molecule has 0 heterocycles. The monoisotopic (exact) mass is 294 g/mol. The molecule has 1 rings (SSSR count). The van der Waals surface area contributed by atoms with Gasteiger partial charge in [0.05, 0.1) is 0 Å². The maximum absolute atomic E-state index is 12.2. The van der Waals surface area contributed by atoms with Crippen molar-refractivity contribution in [2.24, 2.45) is 0 Å². The minimum absolute atomic E-state index is 0.0126. The van der Waals surface area contributed by atoms with Crippen molar-refractivity contribution >= 4 is 12.1 Å². The molecule has 0 aliphatic heterocycles. The van der Waals surface area contributed by atoms with Gasteiger partial charge in [-0.2, -0.15) is 0 Å². The van der Waals surface area contributed by atoms with E-state index in [9.17, 15) is 14.7 Å². The molecule has 5 heteroatoms. The zero-order chi connectivity index (χ0) is 16.8. The van der Waals surface area contributed by atoms with Crippen LogP contribution in [0.5, 0.6) is 0 Å². The highest BCUT2D eigenvalue weighted by Crippen LogP contribution is 2.15. The first-order valence-corrected chi connectivity index (χ1v) is 6.80. The molecule has 1 aromatic rings. The number of amides is 1. The van der Waals surface area contributed by atoms with Crippen molar-refractivity contribution in [2.45, 2.75) is 45.7 Å². The van der Waals surface area contributed by atoms with E-state index < -0.39 is 23.7 Å². The highest BCUT2D eigenvalue weighted by Gasteiger charge is 2.31. The topological polar surface area (TPSA) is 66.8 Å². The number of hydrogen-bond donors (Lipinski definition) is 1. The van der Waals surface area contributed by atoms with Crippen molar-refractivity contribution in [2.75, 3.05) is 6.54 Å². The molecule has 0 aliphatic carbocycles. The van der Waals surface area contributed by atoms with Crippen LogP contribution in [0.3, 0.4) is 0 Å². The number of hydrogen-bond acceptors (Lipinski definition) is 3. The van der Waals surface area contributed by atoms with Crippen LogP contribution in [-0.2, 0) is 16.0 Å². The Morgan fingerprint density at radius 1 is 1.33 bits per heavy atom. The number of ether oxygens (including phenoxy) is 1. The average Bonchev–Trinajstić information content (AvgIpc) is 2.41. The highest BCUT2D eigenvalue weighted by atomic mass is 16.6. The van der Waals surface area contributed by atoms with Gasteiger partial charge < -0.3 is 9.84 Å². The fourth-order valence-electron chi connectivity index (χ4n) is 1.86. The Bertz CT molecular complexity index is 499. The van der Waals surface area contributed by atoms with Gasteiger partial charge in [-0.05, 0) is 33.2 Å². The molecule has 5 nitrogen and oxygen atoms in total. The number of likely N-dealkylation sites (N-methyl/N-ethyl adjacent to an activating group) is 1. The molecule has 21 heavy (non-hydrogen) atoms. The van der Waals surface area contributed by atoms with Crippen LogP contribution in [0, 0.1) is 0 Å². The van der Waals surface area contributed by atoms with Crippen LogP contribution in [0.15, 0.2) is 30.3 Å². The minimum atomic E-state index is -1.11. The summed E-state index contributed by atoms with van der Waals surface area (Å²) in [6.07, 6.45) is -0.529. The molecule has 0 radical (unpaired) electrons. The second-order valence-corrected chi connectivity index (χ2v) is 5.72. The molecule has 0 fully saturated rings. The largest absolute Gasteiger partial charge is 0.480 e. The van der Waals surface area contributed by atoms with Crippen molar-refractivity contribution in [3.05, 3.63) is 35.9 Å². The smallest absolute Gasteiger partial charge is 0.411 e. The summed E-state index contributed by atoms with van der Waals surface area (Å²) in [7, 11) is 0. The summed E-state index contributed by atoms with van der Waals surface area (Å²) in [6, 6.07) is 8.04. The third-order valence-electron chi connectivity index (χ3n) is 2.80. The lowest BCUT2D eigenvalue weighted by Gasteiger charge is -2.30. The van der Waals surface area contributed by atoms with E-state index in [1.807, 2.05) is 30.3 Å². The molecule has 0 aromatic heterocycles. The number of carboxylic acids is 1. The lowest BCUT2D eigenvalue weighted by Crippen LogP contribution is -2.48. The quantitative estimate of drug-likeness (QED) is 0.906. The molecule has 0 bridgehead atoms. The molecule has 0 saturated carbocycles. The van der Waals surface area contributed by atoms with Gasteiger partial charge in [-0.1, -0.05) is 30.3 Å². The Balaban J connectivity index is 2.96. The second kappa shape index (κ2) is 7.11. The van der Waals surface area contributed by atoms with E-state index in [1.54, 1.807) is 20.8 Å². The predicted molar refractivity (Wildman–Crippen MR) is 80.2 cm³/mol. The SMILES string of the molecule is [2H]CCN(C(=O)OC(C)(C)C)[C@@H](Cc1ccccc1)C(=O)O. The van der Waals surface area contributed by atoms with Crippen molar-refractivity contribution < 1.29 is 20.8 Å². The first-order chi connectivity index (χ1) is 10.2. The van der Waals surface area contributed by atoms with E-state index in [0.29, 0.717) is 0 Å². The summed E-state index contributed by atoms with van der Waals surface area (Å²) in [6.45, 7) is 5.08. The lowest BCUT2D eigenvalue weighted by atomic mass is 10.0. The van der Waals surface area contributed by atoms with Crippen molar-refractivity contribution in [1.82, 2.24) is 4.90 Å². The van der Waals surface area contributed by atoms with E-state index in [-0.39, 0.29) is 19.9 Å². The van der Waals surface area contributed by atoms with E-state index in [1.165, 1.54) is 0 Å². The Labute approximate surface area is 126 Å². The van der Waals surface area contributed by atoms with Gasteiger partial charge in [0.15, 0.2) is 0 Å². The van der Waals surface area contributed by atoms with Crippen LogP contribution < -0.4 is 0 Å². The van der Waals surface area contributed by atoms with Crippen LogP contribution >= 0.6 is 0 Å². The summed E-state index contributed by atoms with van der Waals surface area (Å²) in [5.74, 6) is -1.11. The highest BCUT2D eigenvalue weighted by molar-refractivity contribution is 5.80. The number of rotatable bonds is 5. The lowest BCUT2D eigenvalue weighted by molar-refractivity contribution is -0.143. The Hall–Kier alpha value is -2.04. The van der Waals surface area contributed by atoms with E-state index in [0.717, 1.165) is 10.5 Å². The first-order valence-electron chi connectivity index (χ1n) is 7.51. The third-order valence-corrected chi connectivity index (χ3v) is 2.80. The number of nitrogens with zero attached hydrogens (tertiary/aromatic N) is 1. The maximum atomic E-state index is 12.2. The van der Waals surface area contributed by atoms with Crippen molar-refractivity contribution in [1.29, 1.82) is 0 Å². The molecule has 0 unspecified atom stereocenters. The summed E-state index contributed by atoms with van der Waals surface area (Å²) in [5, 5.41) is 9.47. The van der Waals surface area contributed by atoms with Crippen LogP contribution in [0.25, 0.3) is 0 Å². The van der Waals surface area contributed by atoms with Gasteiger partial charge in [-0.3, -0.25) is 4.90 Å².